The highest BCUT2D eigenvalue weighted by atomic mass is 35.5. The maximum absolute atomic E-state index is 14.3. The molecule has 0 aliphatic rings. The molecular formula is C26H28ClFN2O3S. The molecule has 0 bridgehead atoms. The van der Waals surface area contributed by atoms with Crippen LogP contribution in [-0.4, -0.2) is 25.2 Å². The van der Waals surface area contributed by atoms with E-state index in [1.165, 1.54) is 42.5 Å². The van der Waals surface area contributed by atoms with Gasteiger partial charge in [0.05, 0.1) is 17.5 Å². The van der Waals surface area contributed by atoms with Crippen LogP contribution in [0.15, 0.2) is 65.6 Å². The Labute approximate surface area is 205 Å². The van der Waals surface area contributed by atoms with E-state index >= 15 is 0 Å². The summed E-state index contributed by atoms with van der Waals surface area (Å²) in [6.45, 7) is 7.10. The molecule has 0 radical (unpaired) electrons. The predicted octanol–water partition coefficient (Wildman–Crippen LogP) is 5.47. The lowest BCUT2D eigenvalue weighted by atomic mass is 9.96. The third kappa shape index (κ3) is 6.03. The number of benzene rings is 3. The van der Waals surface area contributed by atoms with Crippen LogP contribution < -0.4 is 5.32 Å². The fraction of sp³-hybridized carbons (Fsp3) is 0.269. The lowest BCUT2D eigenvalue weighted by molar-refractivity contribution is -0.122. The van der Waals surface area contributed by atoms with Crippen LogP contribution in [0.4, 0.5) is 4.39 Å². The molecule has 5 nitrogen and oxygen atoms in total. The van der Waals surface area contributed by atoms with Crippen molar-refractivity contribution in [2.75, 3.05) is 6.54 Å². The zero-order valence-corrected chi connectivity index (χ0v) is 21.2. The summed E-state index contributed by atoms with van der Waals surface area (Å²) in [6.07, 6.45) is 0. The molecule has 1 N–H and O–H groups in total. The van der Waals surface area contributed by atoms with Crippen molar-refractivity contribution in [1.82, 2.24) is 9.62 Å². The molecule has 0 aromatic heterocycles. The van der Waals surface area contributed by atoms with Crippen LogP contribution in [0, 0.1) is 26.6 Å². The number of aryl methyl sites for hydroxylation is 3. The van der Waals surface area contributed by atoms with Gasteiger partial charge < -0.3 is 5.32 Å². The van der Waals surface area contributed by atoms with Crippen molar-refractivity contribution in [3.63, 3.8) is 0 Å². The molecule has 1 atom stereocenters. The molecule has 0 heterocycles. The van der Waals surface area contributed by atoms with Gasteiger partial charge in [-0.3, -0.25) is 4.79 Å². The van der Waals surface area contributed by atoms with Crippen molar-refractivity contribution >= 4 is 27.5 Å². The summed E-state index contributed by atoms with van der Waals surface area (Å²) >= 11 is 5.90. The van der Waals surface area contributed by atoms with Gasteiger partial charge in [0.1, 0.15) is 5.82 Å². The van der Waals surface area contributed by atoms with Gasteiger partial charge in [-0.2, -0.15) is 4.31 Å². The number of carbonyl (C=O) groups is 1. The second-order valence-electron chi connectivity index (χ2n) is 8.40. The third-order valence-electron chi connectivity index (χ3n) is 5.80. The Kier molecular flexibility index (Phi) is 8.13. The molecule has 0 saturated heterocycles. The Morgan fingerprint density at radius 3 is 2.26 bits per heavy atom. The van der Waals surface area contributed by atoms with Crippen LogP contribution in [0.1, 0.15) is 40.8 Å². The minimum atomic E-state index is -4.10. The molecule has 0 spiro atoms. The van der Waals surface area contributed by atoms with Crippen LogP contribution in [0.25, 0.3) is 0 Å². The molecule has 0 saturated carbocycles. The zero-order chi connectivity index (χ0) is 25.0. The maximum Gasteiger partial charge on any atom is 0.243 e. The summed E-state index contributed by atoms with van der Waals surface area (Å²) in [6, 6.07) is 15.3. The minimum Gasteiger partial charge on any atom is -0.348 e. The number of halogens is 2. The van der Waals surface area contributed by atoms with E-state index in [1.54, 1.807) is 6.07 Å². The van der Waals surface area contributed by atoms with Crippen LogP contribution in [-0.2, 0) is 21.4 Å². The highest BCUT2D eigenvalue weighted by Gasteiger charge is 2.28. The summed E-state index contributed by atoms with van der Waals surface area (Å²) in [5.41, 5.74) is 4.43. The van der Waals surface area contributed by atoms with E-state index in [-0.39, 0.29) is 23.0 Å². The van der Waals surface area contributed by atoms with Crippen molar-refractivity contribution < 1.29 is 17.6 Å². The van der Waals surface area contributed by atoms with E-state index in [0.29, 0.717) is 5.02 Å². The topological polar surface area (TPSA) is 66.5 Å². The summed E-state index contributed by atoms with van der Waals surface area (Å²) < 4.78 is 42.0. The molecule has 1 amide bonds. The number of amides is 1. The van der Waals surface area contributed by atoms with Gasteiger partial charge in [0, 0.05) is 17.1 Å². The van der Waals surface area contributed by atoms with Crippen LogP contribution >= 0.6 is 11.6 Å². The van der Waals surface area contributed by atoms with E-state index in [2.05, 4.69) is 11.4 Å². The quantitative estimate of drug-likeness (QED) is 0.444. The van der Waals surface area contributed by atoms with Crippen LogP contribution in [0.2, 0.25) is 5.02 Å². The van der Waals surface area contributed by atoms with Crippen molar-refractivity contribution in [3.8, 4) is 0 Å². The first-order valence-corrected chi connectivity index (χ1v) is 12.7. The Balaban J connectivity index is 1.87. The number of sulfonamides is 1. The average Bonchev–Trinajstić information content (AvgIpc) is 2.77. The van der Waals surface area contributed by atoms with Crippen molar-refractivity contribution in [3.05, 3.63) is 99.3 Å². The summed E-state index contributed by atoms with van der Waals surface area (Å²) in [7, 11) is -4.10. The van der Waals surface area contributed by atoms with Gasteiger partial charge in [0.25, 0.3) is 0 Å². The Morgan fingerprint density at radius 2 is 1.62 bits per heavy atom. The van der Waals surface area contributed by atoms with Crippen molar-refractivity contribution in [1.29, 1.82) is 0 Å². The smallest absolute Gasteiger partial charge is 0.243 e. The van der Waals surface area contributed by atoms with E-state index in [0.717, 1.165) is 26.6 Å². The molecule has 3 rings (SSSR count). The van der Waals surface area contributed by atoms with Crippen molar-refractivity contribution in [2.24, 2.45) is 0 Å². The van der Waals surface area contributed by atoms with Gasteiger partial charge in [0.15, 0.2) is 0 Å². The zero-order valence-electron chi connectivity index (χ0n) is 19.6. The Morgan fingerprint density at radius 1 is 1.00 bits per heavy atom. The molecule has 0 aliphatic heterocycles. The first-order valence-electron chi connectivity index (χ1n) is 10.8. The fourth-order valence-electron chi connectivity index (χ4n) is 3.77. The molecule has 1 unspecified atom stereocenters. The SMILES string of the molecule is Cc1cc(C)c(C(C)NC(=O)CN(Cc2ccccc2F)S(=O)(=O)c2ccc(Cl)cc2)cc1C. The summed E-state index contributed by atoms with van der Waals surface area (Å²) in [5.74, 6) is -1.03. The van der Waals surface area contributed by atoms with Gasteiger partial charge in [0.2, 0.25) is 15.9 Å². The van der Waals surface area contributed by atoms with Gasteiger partial charge >= 0.3 is 0 Å². The number of nitrogens with zero attached hydrogens (tertiary/aromatic N) is 1. The number of hydrogen-bond acceptors (Lipinski definition) is 3. The largest absolute Gasteiger partial charge is 0.348 e. The highest BCUT2D eigenvalue weighted by Crippen LogP contribution is 2.23. The van der Waals surface area contributed by atoms with Crippen LogP contribution in [0.5, 0.6) is 0 Å². The molecule has 0 aliphatic carbocycles. The number of nitrogens with one attached hydrogen (secondary N) is 1. The van der Waals surface area contributed by atoms with Crippen molar-refractivity contribution in [2.45, 2.75) is 45.2 Å². The first kappa shape index (κ1) is 25.9. The summed E-state index contributed by atoms with van der Waals surface area (Å²) in [5, 5.41) is 3.27. The number of carbonyl (C=O) groups excluding carboxylic acids is 1. The maximum atomic E-state index is 14.3. The highest BCUT2D eigenvalue weighted by molar-refractivity contribution is 7.89. The van der Waals surface area contributed by atoms with Gasteiger partial charge in [-0.1, -0.05) is 41.9 Å². The molecule has 3 aromatic carbocycles. The molecular weight excluding hydrogens is 475 g/mol. The van der Waals surface area contributed by atoms with Gasteiger partial charge in [-0.15, -0.1) is 0 Å². The second kappa shape index (κ2) is 10.7. The lowest BCUT2D eigenvalue weighted by Crippen LogP contribution is -2.41. The second-order valence-corrected chi connectivity index (χ2v) is 10.8. The third-order valence-corrected chi connectivity index (χ3v) is 7.86. The predicted molar refractivity (Wildman–Crippen MR) is 133 cm³/mol. The van der Waals surface area contributed by atoms with E-state index in [4.69, 9.17) is 11.6 Å². The first-order chi connectivity index (χ1) is 16.0. The minimum absolute atomic E-state index is 0.0286. The molecule has 180 valence electrons. The van der Waals surface area contributed by atoms with Gasteiger partial charge in [-0.05, 0) is 80.3 Å². The van der Waals surface area contributed by atoms with E-state index in [1.807, 2.05) is 33.8 Å². The average molecular weight is 503 g/mol. The number of rotatable bonds is 8. The Hall–Kier alpha value is -2.74. The van der Waals surface area contributed by atoms with E-state index in [9.17, 15) is 17.6 Å². The van der Waals surface area contributed by atoms with E-state index < -0.39 is 28.3 Å². The molecule has 0 fully saturated rings. The monoisotopic (exact) mass is 502 g/mol. The standard InChI is InChI=1S/C26H28ClFN2O3S/c1-17-13-19(3)24(14-18(17)2)20(4)29-26(31)16-30(15-21-7-5-6-8-25(21)28)34(32,33)23-11-9-22(27)10-12-23/h5-14,20H,15-16H2,1-4H3,(H,29,31). The fourth-order valence-corrected chi connectivity index (χ4v) is 5.27. The molecule has 3 aromatic rings. The summed E-state index contributed by atoms with van der Waals surface area (Å²) in [4.78, 5) is 12.9. The van der Waals surface area contributed by atoms with Crippen LogP contribution in [0.3, 0.4) is 0 Å². The lowest BCUT2D eigenvalue weighted by Gasteiger charge is -2.24. The molecule has 8 heteroatoms. The Bertz CT molecular complexity index is 1290. The number of hydrogen-bond donors (Lipinski definition) is 1. The van der Waals surface area contributed by atoms with Gasteiger partial charge in [-0.25, -0.2) is 12.8 Å². The normalized spacial score (nSPS) is 12.6. The molecule has 34 heavy (non-hydrogen) atoms.